The summed E-state index contributed by atoms with van der Waals surface area (Å²) in [6, 6.07) is 0.264. The van der Waals surface area contributed by atoms with E-state index in [-0.39, 0.29) is 17.9 Å². The Morgan fingerprint density at radius 3 is 2.26 bits per heavy atom. The molecule has 2 aliphatic rings. The molecule has 1 aliphatic carbocycles. The van der Waals surface area contributed by atoms with Crippen LogP contribution in [0.4, 0.5) is 0 Å². The number of carbonyl (C=O) groups excluding carboxylic acids is 1. The monoisotopic (exact) mass is 267 g/mol. The summed E-state index contributed by atoms with van der Waals surface area (Å²) >= 11 is 0. The highest BCUT2D eigenvalue weighted by Gasteiger charge is 2.39. The van der Waals surface area contributed by atoms with Crippen LogP contribution in [-0.2, 0) is 9.59 Å². The summed E-state index contributed by atoms with van der Waals surface area (Å²) in [5.41, 5.74) is 0. The van der Waals surface area contributed by atoms with Crippen molar-refractivity contribution < 1.29 is 14.7 Å². The average Bonchev–Trinajstić information content (AvgIpc) is 2.40. The van der Waals surface area contributed by atoms with E-state index >= 15 is 0 Å². The zero-order valence-corrected chi connectivity index (χ0v) is 12.0. The lowest BCUT2D eigenvalue weighted by molar-refractivity contribution is -0.154. The standard InChI is InChI=1S/C15H25NO3/c1-10-7-8-11(2)16(9-10)14(17)12-5-3-4-6-13(12)15(18)19/h10-13H,3-9H2,1-2H3,(H,18,19). The quantitative estimate of drug-likeness (QED) is 0.836. The smallest absolute Gasteiger partial charge is 0.307 e. The Hall–Kier alpha value is -1.06. The van der Waals surface area contributed by atoms with Crippen molar-refractivity contribution in [1.82, 2.24) is 4.90 Å². The van der Waals surface area contributed by atoms with Gasteiger partial charge in [0, 0.05) is 12.6 Å². The summed E-state index contributed by atoms with van der Waals surface area (Å²) in [5.74, 6) is -0.932. The third kappa shape index (κ3) is 3.10. The summed E-state index contributed by atoms with van der Waals surface area (Å²) in [6.07, 6.45) is 5.52. The van der Waals surface area contributed by atoms with Gasteiger partial charge in [0.1, 0.15) is 0 Å². The number of aliphatic carboxylic acids is 1. The second-order valence-corrected chi connectivity index (χ2v) is 6.36. The van der Waals surface area contributed by atoms with Crippen LogP contribution in [0.25, 0.3) is 0 Å². The molecule has 0 radical (unpaired) electrons. The highest BCUT2D eigenvalue weighted by Crippen LogP contribution is 2.34. The molecule has 0 aromatic carbocycles. The van der Waals surface area contributed by atoms with Gasteiger partial charge in [0.15, 0.2) is 0 Å². The number of likely N-dealkylation sites (tertiary alicyclic amines) is 1. The van der Waals surface area contributed by atoms with Crippen molar-refractivity contribution >= 4 is 11.9 Å². The van der Waals surface area contributed by atoms with Crippen molar-refractivity contribution in [2.45, 2.75) is 58.4 Å². The van der Waals surface area contributed by atoms with Gasteiger partial charge in [-0.15, -0.1) is 0 Å². The van der Waals surface area contributed by atoms with Gasteiger partial charge in [0.2, 0.25) is 5.91 Å². The van der Waals surface area contributed by atoms with Crippen molar-refractivity contribution in [3.8, 4) is 0 Å². The van der Waals surface area contributed by atoms with Gasteiger partial charge in [-0.1, -0.05) is 19.8 Å². The summed E-state index contributed by atoms with van der Waals surface area (Å²) in [7, 11) is 0. The average molecular weight is 267 g/mol. The van der Waals surface area contributed by atoms with E-state index in [9.17, 15) is 14.7 Å². The first-order valence-corrected chi connectivity index (χ1v) is 7.54. The predicted octanol–water partition coefficient (Wildman–Crippen LogP) is 2.52. The fraction of sp³-hybridized carbons (Fsp3) is 0.867. The number of carboxylic acid groups (broad SMARTS) is 1. The van der Waals surface area contributed by atoms with E-state index in [2.05, 4.69) is 13.8 Å². The molecule has 1 amide bonds. The highest BCUT2D eigenvalue weighted by molar-refractivity contribution is 5.85. The first-order valence-electron chi connectivity index (χ1n) is 7.54. The molecule has 19 heavy (non-hydrogen) atoms. The molecule has 0 aromatic heterocycles. The Balaban J connectivity index is 2.10. The molecule has 4 nitrogen and oxygen atoms in total. The molecule has 0 spiro atoms. The molecule has 2 rings (SSSR count). The minimum Gasteiger partial charge on any atom is -0.481 e. The van der Waals surface area contributed by atoms with Crippen LogP contribution in [0, 0.1) is 17.8 Å². The number of hydrogen-bond acceptors (Lipinski definition) is 2. The fourth-order valence-corrected chi connectivity index (χ4v) is 3.53. The number of rotatable bonds is 2. The summed E-state index contributed by atoms with van der Waals surface area (Å²) in [6.45, 7) is 5.05. The molecule has 0 bridgehead atoms. The lowest BCUT2D eigenvalue weighted by Crippen LogP contribution is -2.50. The van der Waals surface area contributed by atoms with Crippen LogP contribution in [0.3, 0.4) is 0 Å². The molecular weight excluding hydrogens is 242 g/mol. The third-order valence-electron chi connectivity index (χ3n) is 4.80. The maximum absolute atomic E-state index is 12.7. The first-order chi connectivity index (χ1) is 9.00. The van der Waals surface area contributed by atoms with Crippen molar-refractivity contribution in [3.05, 3.63) is 0 Å². The largest absolute Gasteiger partial charge is 0.481 e. The lowest BCUT2D eigenvalue weighted by Gasteiger charge is -2.40. The molecule has 4 atom stereocenters. The van der Waals surface area contributed by atoms with Crippen LogP contribution < -0.4 is 0 Å². The SMILES string of the molecule is CC1CCC(C)N(C(=O)C2CCCCC2C(=O)O)C1. The van der Waals surface area contributed by atoms with E-state index in [1.807, 2.05) is 4.90 Å². The first kappa shape index (κ1) is 14.4. The fourth-order valence-electron chi connectivity index (χ4n) is 3.53. The highest BCUT2D eigenvalue weighted by atomic mass is 16.4. The number of amides is 1. The van der Waals surface area contributed by atoms with E-state index in [0.29, 0.717) is 12.3 Å². The van der Waals surface area contributed by atoms with E-state index < -0.39 is 11.9 Å². The van der Waals surface area contributed by atoms with Crippen LogP contribution in [0.1, 0.15) is 52.4 Å². The summed E-state index contributed by atoms with van der Waals surface area (Å²) < 4.78 is 0. The normalized spacial score (nSPS) is 36.0. The van der Waals surface area contributed by atoms with Crippen molar-refractivity contribution in [2.24, 2.45) is 17.8 Å². The Morgan fingerprint density at radius 1 is 1.00 bits per heavy atom. The van der Waals surface area contributed by atoms with Gasteiger partial charge >= 0.3 is 5.97 Å². The molecule has 4 heteroatoms. The molecule has 4 unspecified atom stereocenters. The Bertz CT molecular complexity index is 355. The van der Waals surface area contributed by atoms with E-state index in [4.69, 9.17) is 0 Å². The Labute approximate surface area is 115 Å². The van der Waals surface area contributed by atoms with Gasteiger partial charge in [0.05, 0.1) is 11.8 Å². The van der Waals surface area contributed by atoms with Crippen LogP contribution in [-0.4, -0.2) is 34.5 Å². The van der Waals surface area contributed by atoms with Crippen molar-refractivity contribution in [2.75, 3.05) is 6.54 Å². The maximum atomic E-state index is 12.7. The van der Waals surface area contributed by atoms with Crippen LogP contribution >= 0.6 is 0 Å². The number of nitrogens with zero attached hydrogens (tertiary/aromatic N) is 1. The molecule has 2 fully saturated rings. The molecule has 1 heterocycles. The van der Waals surface area contributed by atoms with Gasteiger partial charge in [-0.25, -0.2) is 0 Å². The summed E-state index contributed by atoms with van der Waals surface area (Å²) in [4.78, 5) is 26.0. The molecule has 1 aliphatic heterocycles. The van der Waals surface area contributed by atoms with Gasteiger partial charge in [0.25, 0.3) is 0 Å². The number of piperidine rings is 1. The molecule has 1 saturated heterocycles. The Kier molecular flexibility index (Phi) is 4.48. The van der Waals surface area contributed by atoms with Crippen LogP contribution in [0.2, 0.25) is 0 Å². The second-order valence-electron chi connectivity index (χ2n) is 6.36. The minimum atomic E-state index is -0.796. The zero-order valence-electron chi connectivity index (χ0n) is 12.0. The van der Waals surface area contributed by atoms with Gasteiger partial charge in [-0.3, -0.25) is 9.59 Å². The van der Waals surface area contributed by atoms with E-state index in [1.165, 1.54) is 0 Å². The number of hydrogen-bond donors (Lipinski definition) is 1. The predicted molar refractivity (Wildman–Crippen MR) is 72.7 cm³/mol. The van der Waals surface area contributed by atoms with Gasteiger partial charge < -0.3 is 10.0 Å². The zero-order chi connectivity index (χ0) is 14.0. The summed E-state index contributed by atoms with van der Waals surface area (Å²) in [5, 5.41) is 9.30. The molecular formula is C15H25NO3. The van der Waals surface area contributed by atoms with Crippen LogP contribution in [0.15, 0.2) is 0 Å². The minimum absolute atomic E-state index is 0.0890. The maximum Gasteiger partial charge on any atom is 0.307 e. The lowest BCUT2D eigenvalue weighted by atomic mass is 9.77. The molecule has 108 valence electrons. The molecule has 0 aromatic rings. The molecule has 1 saturated carbocycles. The molecule has 1 N–H and O–H groups in total. The van der Waals surface area contributed by atoms with E-state index in [0.717, 1.165) is 38.6 Å². The van der Waals surface area contributed by atoms with Crippen LogP contribution in [0.5, 0.6) is 0 Å². The topological polar surface area (TPSA) is 57.6 Å². The Morgan fingerprint density at radius 2 is 1.63 bits per heavy atom. The van der Waals surface area contributed by atoms with Crippen molar-refractivity contribution in [3.63, 3.8) is 0 Å². The van der Waals surface area contributed by atoms with E-state index in [1.54, 1.807) is 0 Å². The van der Waals surface area contributed by atoms with Gasteiger partial charge in [-0.2, -0.15) is 0 Å². The second kappa shape index (κ2) is 5.93. The number of carboxylic acids is 1. The van der Waals surface area contributed by atoms with Gasteiger partial charge in [-0.05, 0) is 38.5 Å². The van der Waals surface area contributed by atoms with Crippen molar-refractivity contribution in [1.29, 1.82) is 0 Å². The number of carbonyl (C=O) groups is 2. The third-order valence-corrected chi connectivity index (χ3v) is 4.80.